The van der Waals surface area contributed by atoms with Crippen LogP contribution < -0.4 is 0 Å². The number of carbonyl (C=O) groups is 1. The van der Waals surface area contributed by atoms with E-state index in [9.17, 15) is 9.90 Å². The molecule has 0 aliphatic carbocycles. The van der Waals surface area contributed by atoms with Crippen molar-refractivity contribution in [1.29, 1.82) is 0 Å². The molecule has 0 saturated carbocycles. The van der Waals surface area contributed by atoms with Gasteiger partial charge in [0.15, 0.2) is 0 Å². The van der Waals surface area contributed by atoms with Gasteiger partial charge in [0.25, 0.3) is 0 Å². The summed E-state index contributed by atoms with van der Waals surface area (Å²) < 4.78 is 5.01. The molecule has 0 fully saturated rings. The molecule has 0 spiro atoms. The number of rotatable bonds is 3. The van der Waals surface area contributed by atoms with Crippen molar-refractivity contribution < 1.29 is 14.6 Å². The second-order valence-electron chi connectivity index (χ2n) is 4.26. The quantitative estimate of drug-likeness (QED) is 0.843. The molecule has 0 radical (unpaired) electrons. The van der Waals surface area contributed by atoms with Gasteiger partial charge in [-0.15, -0.1) is 0 Å². The Morgan fingerprint density at radius 3 is 2.61 bits per heavy atom. The van der Waals surface area contributed by atoms with Crippen LogP contribution in [0.1, 0.15) is 25.3 Å². The average Bonchev–Trinajstić information content (AvgIpc) is 2.37. The third kappa shape index (κ3) is 2.45. The molecule has 1 N–H and O–H groups in total. The summed E-state index contributed by atoms with van der Waals surface area (Å²) in [5.41, 5.74) is 0.923. The van der Waals surface area contributed by atoms with Crippen molar-refractivity contribution in [2.75, 3.05) is 6.61 Å². The Balaban J connectivity index is 2.35. The summed E-state index contributed by atoms with van der Waals surface area (Å²) in [4.78, 5) is 11.7. The number of aromatic hydroxyl groups is 1. The minimum absolute atomic E-state index is 0.212. The number of phenolic OH excluding ortho intramolecular Hbond substituents is 1. The summed E-state index contributed by atoms with van der Waals surface area (Å²) in [5, 5.41) is 11.3. The van der Waals surface area contributed by atoms with Crippen molar-refractivity contribution in [1.82, 2.24) is 0 Å². The first-order valence-electron chi connectivity index (χ1n) is 6.01. The van der Waals surface area contributed by atoms with Crippen molar-refractivity contribution in [3.63, 3.8) is 0 Å². The summed E-state index contributed by atoms with van der Waals surface area (Å²) >= 11 is 0. The minimum atomic E-state index is -0.275. The molecular formula is C15H16O3. The van der Waals surface area contributed by atoms with Gasteiger partial charge < -0.3 is 9.84 Å². The molecule has 18 heavy (non-hydrogen) atoms. The molecule has 0 heterocycles. The highest BCUT2D eigenvalue weighted by Gasteiger charge is 2.16. The molecule has 0 bridgehead atoms. The van der Waals surface area contributed by atoms with Gasteiger partial charge in [-0.25, -0.2) is 0 Å². The maximum Gasteiger partial charge on any atom is 0.313 e. The lowest BCUT2D eigenvalue weighted by Gasteiger charge is -2.11. The van der Waals surface area contributed by atoms with Gasteiger partial charge in [-0.1, -0.05) is 24.3 Å². The first-order valence-corrected chi connectivity index (χ1v) is 6.01. The van der Waals surface area contributed by atoms with E-state index in [-0.39, 0.29) is 17.6 Å². The largest absolute Gasteiger partial charge is 0.508 e. The van der Waals surface area contributed by atoms with E-state index in [2.05, 4.69) is 0 Å². The van der Waals surface area contributed by atoms with Gasteiger partial charge in [-0.05, 0) is 42.3 Å². The molecule has 3 heteroatoms. The third-order valence-electron chi connectivity index (χ3n) is 2.99. The second kappa shape index (κ2) is 5.08. The number of carbonyl (C=O) groups excluding carboxylic acids is 1. The summed E-state index contributed by atoms with van der Waals surface area (Å²) in [7, 11) is 0. The Labute approximate surface area is 106 Å². The Morgan fingerprint density at radius 2 is 1.89 bits per heavy atom. The van der Waals surface area contributed by atoms with Crippen LogP contribution in [0.3, 0.4) is 0 Å². The zero-order chi connectivity index (χ0) is 13.1. The number of esters is 1. The second-order valence-corrected chi connectivity index (χ2v) is 4.26. The van der Waals surface area contributed by atoms with E-state index < -0.39 is 0 Å². The van der Waals surface area contributed by atoms with E-state index in [0.717, 1.165) is 16.3 Å². The van der Waals surface area contributed by atoms with Crippen molar-refractivity contribution in [2.45, 2.75) is 19.8 Å². The molecule has 2 aromatic carbocycles. The fraction of sp³-hybridized carbons (Fsp3) is 0.267. The Hall–Kier alpha value is -2.03. The molecule has 1 atom stereocenters. The van der Waals surface area contributed by atoms with Crippen LogP contribution in [0.2, 0.25) is 0 Å². The van der Waals surface area contributed by atoms with Gasteiger partial charge in [0.05, 0.1) is 12.5 Å². The van der Waals surface area contributed by atoms with E-state index in [4.69, 9.17) is 4.74 Å². The van der Waals surface area contributed by atoms with Crippen molar-refractivity contribution in [3.8, 4) is 5.75 Å². The van der Waals surface area contributed by atoms with Gasteiger partial charge in [-0.2, -0.15) is 0 Å². The SMILES string of the molecule is CCOC(=O)C(C)c1ccc2cc(O)ccc2c1. The van der Waals surface area contributed by atoms with Gasteiger partial charge in [0.1, 0.15) is 5.75 Å². The van der Waals surface area contributed by atoms with Crippen LogP contribution in [0.15, 0.2) is 36.4 Å². The Kier molecular flexibility index (Phi) is 3.51. The zero-order valence-electron chi connectivity index (χ0n) is 10.5. The first-order chi connectivity index (χ1) is 8.61. The number of ether oxygens (including phenoxy) is 1. The fourth-order valence-electron chi connectivity index (χ4n) is 1.92. The predicted molar refractivity (Wildman–Crippen MR) is 70.7 cm³/mol. The number of benzene rings is 2. The predicted octanol–water partition coefficient (Wildman–Crippen LogP) is 3.21. The zero-order valence-corrected chi connectivity index (χ0v) is 10.5. The number of fused-ring (bicyclic) bond motifs is 1. The fourth-order valence-corrected chi connectivity index (χ4v) is 1.92. The van der Waals surface area contributed by atoms with E-state index in [0.29, 0.717) is 6.61 Å². The lowest BCUT2D eigenvalue weighted by atomic mass is 9.98. The van der Waals surface area contributed by atoms with E-state index in [1.807, 2.05) is 31.2 Å². The van der Waals surface area contributed by atoms with Crippen LogP contribution in [-0.4, -0.2) is 17.7 Å². The number of hydrogen-bond donors (Lipinski definition) is 1. The monoisotopic (exact) mass is 244 g/mol. The average molecular weight is 244 g/mol. The highest BCUT2D eigenvalue weighted by molar-refractivity contribution is 5.86. The lowest BCUT2D eigenvalue weighted by Crippen LogP contribution is -2.12. The molecule has 0 amide bonds. The number of phenols is 1. The van der Waals surface area contributed by atoms with Crippen molar-refractivity contribution >= 4 is 16.7 Å². The van der Waals surface area contributed by atoms with Crippen LogP contribution in [0.25, 0.3) is 10.8 Å². The molecule has 0 aliphatic heterocycles. The maximum absolute atomic E-state index is 11.7. The highest BCUT2D eigenvalue weighted by Crippen LogP contribution is 2.25. The molecule has 3 nitrogen and oxygen atoms in total. The Bertz CT molecular complexity index is 575. The summed E-state index contributed by atoms with van der Waals surface area (Å²) in [5.74, 6) is -0.243. The van der Waals surface area contributed by atoms with Crippen molar-refractivity contribution in [3.05, 3.63) is 42.0 Å². The van der Waals surface area contributed by atoms with Gasteiger partial charge in [0.2, 0.25) is 0 Å². The van der Waals surface area contributed by atoms with Crippen LogP contribution in [0.4, 0.5) is 0 Å². The van der Waals surface area contributed by atoms with Crippen LogP contribution in [0, 0.1) is 0 Å². The lowest BCUT2D eigenvalue weighted by molar-refractivity contribution is -0.144. The summed E-state index contributed by atoms with van der Waals surface area (Å²) in [6.07, 6.45) is 0. The summed E-state index contributed by atoms with van der Waals surface area (Å²) in [6.45, 7) is 4.03. The molecule has 2 aromatic rings. The molecule has 2 rings (SSSR count). The van der Waals surface area contributed by atoms with Gasteiger partial charge in [-0.3, -0.25) is 4.79 Å². The standard InChI is InChI=1S/C15H16O3/c1-3-18-15(17)10(2)11-4-5-13-9-14(16)7-6-12(13)8-11/h4-10,16H,3H2,1-2H3. The topological polar surface area (TPSA) is 46.5 Å². The smallest absolute Gasteiger partial charge is 0.313 e. The molecule has 94 valence electrons. The Morgan fingerprint density at radius 1 is 1.22 bits per heavy atom. The summed E-state index contributed by atoms with van der Waals surface area (Å²) in [6, 6.07) is 10.9. The van der Waals surface area contributed by atoms with Crippen LogP contribution in [-0.2, 0) is 9.53 Å². The molecule has 0 saturated heterocycles. The van der Waals surface area contributed by atoms with Gasteiger partial charge in [0, 0.05) is 0 Å². The van der Waals surface area contributed by atoms with Crippen molar-refractivity contribution in [2.24, 2.45) is 0 Å². The highest BCUT2D eigenvalue weighted by atomic mass is 16.5. The van der Waals surface area contributed by atoms with E-state index >= 15 is 0 Å². The third-order valence-corrected chi connectivity index (χ3v) is 2.99. The van der Waals surface area contributed by atoms with Gasteiger partial charge >= 0.3 is 5.97 Å². The van der Waals surface area contributed by atoms with E-state index in [1.165, 1.54) is 0 Å². The minimum Gasteiger partial charge on any atom is -0.508 e. The normalized spacial score (nSPS) is 12.3. The van der Waals surface area contributed by atoms with Crippen LogP contribution in [0.5, 0.6) is 5.75 Å². The molecular weight excluding hydrogens is 228 g/mol. The maximum atomic E-state index is 11.7. The first kappa shape index (κ1) is 12.4. The number of hydrogen-bond acceptors (Lipinski definition) is 3. The van der Waals surface area contributed by atoms with E-state index in [1.54, 1.807) is 19.1 Å². The molecule has 0 aliphatic rings. The molecule has 1 unspecified atom stereocenters. The molecule has 0 aromatic heterocycles. The van der Waals surface area contributed by atoms with Crippen LogP contribution >= 0.6 is 0 Å².